The molecule has 0 atom stereocenters. The maximum atomic E-state index is 9.25. The standard InChI is InChI=1S/C15H14N4O2/c16-11-6-10(7-12(17)8-11)15-18-14(19-21-15)5-9-1-3-13(20)4-2-9/h1-4,6-8,20H,5,16-17H2. The number of anilines is 2. The fraction of sp³-hybridized carbons (Fsp3) is 0.0667. The minimum absolute atomic E-state index is 0.225. The van der Waals surface area contributed by atoms with E-state index in [1.165, 1.54) is 0 Å². The number of phenols is 1. The molecule has 106 valence electrons. The van der Waals surface area contributed by atoms with E-state index < -0.39 is 0 Å². The lowest BCUT2D eigenvalue weighted by atomic mass is 10.1. The highest BCUT2D eigenvalue weighted by atomic mass is 16.5. The lowest BCUT2D eigenvalue weighted by Crippen LogP contribution is -1.92. The first-order chi connectivity index (χ1) is 10.1. The summed E-state index contributed by atoms with van der Waals surface area (Å²) in [6, 6.07) is 12.0. The Labute approximate surface area is 121 Å². The second kappa shape index (κ2) is 5.16. The van der Waals surface area contributed by atoms with E-state index in [-0.39, 0.29) is 5.75 Å². The van der Waals surface area contributed by atoms with Crippen LogP contribution in [0.1, 0.15) is 11.4 Å². The lowest BCUT2D eigenvalue weighted by molar-refractivity contribution is 0.424. The Morgan fingerprint density at radius 1 is 1.00 bits per heavy atom. The highest BCUT2D eigenvalue weighted by Gasteiger charge is 2.10. The molecule has 5 N–H and O–H groups in total. The summed E-state index contributed by atoms with van der Waals surface area (Å²) in [5.41, 5.74) is 14.3. The van der Waals surface area contributed by atoms with Gasteiger partial charge in [0, 0.05) is 23.4 Å². The molecule has 0 spiro atoms. The molecule has 3 rings (SSSR count). The van der Waals surface area contributed by atoms with E-state index in [1.54, 1.807) is 30.3 Å². The Kier molecular flexibility index (Phi) is 3.19. The summed E-state index contributed by atoms with van der Waals surface area (Å²) in [5.74, 6) is 1.15. The van der Waals surface area contributed by atoms with Crippen molar-refractivity contribution >= 4 is 11.4 Å². The molecule has 0 aliphatic heterocycles. The number of aromatic hydroxyl groups is 1. The van der Waals surface area contributed by atoms with Gasteiger partial charge in [-0.1, -0.05) is 17.3 Å². The second-order valence-corrected chi connectivity index (χ2v) is 4.75. The fourth-order valence-corrected chi connectivity index (χ4v) is 2.04. The van der Waals surface area contributed by atoms with Crippen molar-refractivity contribution in [3.05, 3.63) is 53.9 Å². The van der Waals surface area contributed by atoms with Gasteiger partial charge in [0.2, 0.25) is 0 Å². The van der Waals surface area contributed by atoms with Gasteiger partial charge in [-0.05, 0) is 35.9 Å². The van der Waals surface area contributed by atoms with Gasteiger partial charge >= 0.3 is 0 Å². The molecule has 0 saturated carbocycles. The highest BCUT2D eigenvalue weighted by Crippen LogP contribution is 2.23. The van der Waals surface area contributed by atoms with Crippen LogP contribution in [0.3, 0.4) is 0 Å². The summed E-state index contributed by atoms with van der Waals surface area (Å²) in [5, 5.41) is 13.2. The first-order valence-corrected chi connectivity index (χ1v) is 6.37. The van der Waals surface area contributed by atoms with Gasteiger partial charge in [0.1, 0.15) is 5.75 Å². The van der Waals surface area contributed by atoms with Crippen molar-refractivity contribution in [3.63, 3.8) is 0 Å². The van der Waals surface area contributed by atoms with Crippen LogP contribution in [0.5, 0.6) is 5.75 Å². The van der Waals surface area contributed by atoms with Crippen LogP contribution in [0.25, 0.3) is 11.5 Å². The van der Waals surface area contributed by atoms with Crippen LogP contribution in [0, 0.1) is 0 Å². The van der Waals surface area contributed by atoms with Crippen molar-refractivity contribution < 1.29 is 9.63 Å². The van der Waals surface area contributed by atoms with E-state index in [0.717, 1.165) is 5.56 Å². The topological polar surface area (TPSA) is 111 Å². The van der Waals surface area contributed by atoms with Gasteiger partial charge in [0.15, 0.2) is 5.82 Å². The van der Waals surface area contributed by atoms with Gasteiger partial charge in [-0.3, -0.25) is 0 Å². The Morgan fingerprint density at radius 3 is 2.33 bits per heavy atom. The summed E-state index contributed by atoms with van der Waals surface area (Å²) in [6.45, 7) is 0. The molecule has 0 bridgehead atoms. The molecule has 0 radical (unpaired) electrons. The number of rotatable bonds is 3. The smallest absolute Gasteiger partial charge is 0.258 e. The van der Waals surface area contributed by atoms with Crippen molar-refractivity contribution in [1.29, 1.82) is 0 Å². The van der Waals surface area contributed by atoms with Crippen LogP contribution in [0.2, 0.25) is 0 Å². The van der Waals surface area contributed by atoms with Crippen molar-refractivity contribution in [3.8, 4) is 17.2 Å². The third-order valence-electron chi connectivity index (χ3n) is 2.99. The molecule has 1 aromatic heterocycles. The number of phenolic OH excluding ortho intramolecular Hbond substituents is 1. The lowest BCUT2D eigenvalue weighted by Gasteiger charge is -1.99. The number of nitrogen functional groups attached to an aromatic ring is 2. The molecule has 0 fully saturated rings. The second-order valence-electron chi connectivity index (χ2n) is 4.75. The summed E-state index contributed by atoms with van der Waals surface area (Å²) in [7, 11) is 0. The molecule has 0 aliphatic rings. The zero-order valence-corrected chi connectivity index (χ0v) is 11.2. The third kappa shape index (κ3) is 2.94. The minimum Gasteiger partial charge on any atom is -0.508 e. The van der Waals surface area contributed by atoms with Crippen LogP contribution in [-0.4, -0.2) is 15.2 Å². The van der Waals surface area contributed by atoms with E-state index >= 15 is 0 Å². The molecule has 1 heterocycles. The molecule has 0 aliphatic carbocycles. The predicted octanol–water partition coefficient (Wildman–Crippen LogP) is 2.20. The molecule has 6 nitrogen and oxygen atoms in total. The molecule has 2 aromatic carbocycles. The number of hydrogen-bond acceptors (Lipinski definition) is 6. The largest absolute Gasteiger partial charge is 0.508 e. The maximum absolute atomic E-state index is 9.25. The van der Waals surface area contributed by atoms with E-state index in [0.29, 0.717) is 35.1 Å². The molecule has 3 aromatic rings. The number of hydrogen-bond donors (Lipinski definition) is 3. The normalized spacial score (nSPS) is 10.7. The van der Waals surface area contributed by atoms with Crippen LogP contribution < -0.4 is 11.5 Å². The molecular weight excluding hydrogens is 268 g/mol. The third-order valence-corrected chi connectivity index (χ3v) is 2.99. The number of benzene rings is 2. The molecule has 21 heavy (non-hydrogen) atoms. The minimum atomic E-state index is 0.225. The molecule has 0 amide bonds. The van der Waals surface area contributed by atoms with Gasteiger partial charge in [0.25, 0.3) is 5.89 Å². The van der Waals surface area contributed by atoms with Crippen LogP contribution in [0.4, 0.5) is 11.4 Å². The Hall–Kier alpha value is -3.02. The van der Waals surface area contributed by atoms with Gasteiger partial charge in [-0.2, -0.15) is 4.98 Å². The zero-order valence-electron chi connectivity index (χ0n) is 11.2. The predicted molar refractivity (Wildman–Crippen MR) is 79.5 cm³/mol. The monoisotopic (exact) mass is 282 g/mol. The van der Waals surface area contributed by atoms with E-state index in [1.807, 2.05) is 12.1 Å². The first kappa shape index (κ1) is 13.0. The van der Waals surface area contributed by atoms with Crippen molar-refractivity contribution in [1.82, 2.24) is 10.1 Å². The van der Waals surface area contributed by atoms with E-state index in [9.17, 15) is 5.11 Å². The van der Waals surface area contributed by atoms with Crippen LogP contribution >= 0.6 is 0 Å². The summed E-state index contributed by atoms with van der Waals surface area (Å²) >= 11 is 0. The SMILES string of the molecule is Nc1cc(N)cc(-c2nc(Cc3ccc(O)cc3)no2)c1. The Balaban J connectivity index is 1.84. The highest BCUT2D eigenvalue weighted by molar-refractivity contribution is 5.67. The maximum Gasteiger partial charge on any atom is 0.258 e. The zero-order chi connectivity index (χ0) is 14.8. The molecule has 0 unspecified atom stereocenters. The van der Waals surface area contributed by atoms with E-state index in [2.05, 4.69) is 10.1 Å². The number of aromatic nitrogens is 2. The van der Waals surface area contributed by atoms with Crippen molar-refractivity contribution in [2.24, 2.45) is 0 Å². The first-order valence-electron chi connectivity index (χ1n) is 6.37. The van der Waals surface area contributed by atoms with Crippen LogP contribution in [0.15, 0.2) is 47.0 Å². The van der Waals surface area contributed by atoms with Gasteiger partial charge in [-0.15, -0.1) is 0 Å². The Bertz CT molecular complexity index is 745. The summed E-state index contributed by atoms with van der Waals surface area (Å²) < 4.78 is 5.24. The fourth-order valence-electron chi connectivity index (χ4n) is 2.04. The quantitative estimate of drug-likeness (QED) is 0.635. The van der Waals surface area contributed by atoms with Crippen molar-refractivity contribution in [2.45, 2.75) is 6.42 Å². The summed E-state index contributed by atoms with van der Waals surface area (Å²) in [4.78, 5) is 4.33. The molecule has 0 saturated heterocycles. The molecule has 6 heteroatoms. The van der Waals surface area contributed by atoms with Crippen molar-refractivity contribution in [2.75, 3.05) is 11.5 Å². The van der Waals surface area contributed by atoms with Gasteiger partial charge in [-0.25, -0.2) is 0 Å². The molecular formula is C15H14N4O2. The van der Waals surface area contributed by atoms with E-state index in [4.69, 9.17) is 16.0 Å². The van der Waals surface area contributed by atoms with Crippen LogP contribution in [-0.2, 0) is 6.42 Å². The number of nitrogens with two attached hydrogens (primary N) is 2. The van der Waals surface area contributed by atoms with Gasteiger partial charge < -0.3 is 21.1 Å². The Morgan fingerprint density at radius 2 is 1.67 bits per heavy atom. The number of nitrogens with zero attached hydrogens (tertiary/aromatic N) is 2. The average molecular weight is 282 g/mol. The summed E-state index contributed by atoms with van der Waals surface area (Å²) in [6.07, 6.45) is 0.515. The van der Waals surface area contributed by atoms with Gasteiger partial charge in [0.05, 0.1) is 0 Å². The average Bonchev–Trinajstić information content (AvgIpc) is 2.89.